The fraction of sp³-hybridized carbons (Fsp3) is 0.250. The maximum atomic E-state index is 11.3. The van der Waals surface area contributed by atoms with Crippen LogP contribution in [0.15, 0.2) is 34.3 Å². The normalized spacial score (nSPS) is 10.4. The van der Waals surface area contributed by atoms with E-state index in [0.717, 1.165) is 16.3 Å². The number of halogens is 1. The van der Waals surface area contributed by atoms with Gasteiger partial charge in [-0.3, -0.25) is 4.79 Å². The molecule has 2 aromatic heterocycles. The van der Waals surface area contributed by atoms with Crippen molar-refractivity contribution in [2.75, 3.05) is 11.1 Å². The Morgan fingerprint density at radius 2 is 2.37 bits per heavy atom. The average molecular weight is 297 g/mol. The summed E-state index contributed by atoms with van der Waals surface area (Å²) in [6.07, 6.45) is 3.26. The lowest BCUT2D eigenvalue weighted by Crippen LogP contribution is -2.11. The molecule has 0 saturated carbocycles. The highest BCUT2D eigenvalue weighted by atomic mass is 35.5. The molecule has 0 fully saturated rings. The van der Waals surface area contributed by atoms with Crippen LogP contribution in [0.5, 0.6) is 0 Å². The lowest BCUT2D eigenvalue weighted by molar-refractivity contribution is 0.978. The van der Waals surface area contributed by atoms with Crippen molar-refractivity contribution in [2.45, 2.75) is 18.5 Å². The van der Waals surface area contributed by atoms with Crippen molar-refractivity contribution in [1.82, 2.24) is 15.2 Å². The van der Waals surface area contributed by atoms with Gasteiger partial charge >= 0.3 is 0 Å². The molecule has 0 spiro atoms. The first-order valence-corrected chi connectivity index (χ1v) is 7.12. The van der Waals surface area contributed by atoms with Gasteiger partial charge in [-0.25, -0.2) is 10.1 Å². The number of aromatic amines is 1. The Balaban J connectivity index is 2.08. The van der Waals surface area contributed by atoms with Crippen molar-refractivity contribution in [1.29, 1.82) is 0 Å². The molecule has 0 aromatic carbocycles. The number of aromatic nitrogens is 3. The van der Waals surface area contributed by atoms with Crippen molar-refractivity contribution in [3.63, 3.8) is 0 Å². The Labute approximate surface area is 119 Å². The van der Waals surface area contributed by atoms with E-state index in [-0.39, 0.29) is 5.02 Å². The third-order valence-corrected chi connectivity index (χ3v) is 3.55. The number of hydrogen-bond acceptors (Lipinski definition) is 5. The summed E-state index contributed by atoms with van der Waals surface area (Å²) in [6, 6.07) is 3.93. The van der Waals surface area contributed by atoms with Gasteiger partial charge in [-0.2, -0.15) is 5.10 Å². The fourth-order valence-electron chi connectivity index (χ4n) is 1.49. The van der Waals surface area contributed by atoms with Gasteiger partial charge < -0.3 is 5.32 Å². The Bertz CT molecular complexity index is 617. The molecule has 19 heavy (non-hydrogen) atoms. The SMILES string of the molecule is CCSc1cc(CNc2cn[nH]c(=O)c2Cl)ccn1. The molecule has 100 valence electrons. The second-order valence-electron chi connectivity index (χ2n) is 3.72. The Hall–Kier alpha value is -1.53. The summed E-state index contributed by atoms with van der Waals surface area (Å²) in [5.74, 6) is 0.980. The number of rotatable bonds is 5. The molecule has 7 heteroatoms. The molecule has 2 N–H and O–H groups in total. The van der Waals surface area contributed by atoms with E-state index in [2.05, 4.69) is 27.4 Å². The van der Waals surface area contributed by atoms with Gasteiger partial charge in [0, 0.05) is 12.7 Å². The Morgan fingerprint density at radius 3 is 3.16 bits per heavy atom. The van der Waals surface area contributed by atoms with E-state index < -0.39 is 5.56 Å². The minimum absolute atomic E-state index is 0.118. The number of nitrogens with one attached hydrogen (secondary N) is 2. The predicted octanol–water partition coefficient (Wildman–Crippen LogP) is 2.54. The zero-order chi connectivity index (χ0) is 13.7. The molecule has 0 amide bonds. The minimum Gasteiger partial charge on any atom is -0.378 e. The first-order valence-electron chi connectivity index (χ1n) is 5.75. The molecule has 2 aromatic rings. The highest BCUT2D eigenvalue weighted by molar-refractivity contribution is 7.99. The molecule has 0 radical (unpaired) electrons. The van der Waals surface area contributed by atoms with E-state index in [1.807, 2.05) is 12.1 Å². The first kappa shape index (κ1) is 13.9. The zero-order valence-electron chi connectivity index (χ0n) is 10.3. The van der Waals surface area contributed by atoms with Gasteiger partial charge in [-0.1, -0.05) is 18.5 Å². The largest absolute Gasteiger partial charge is 0.378 e. The lowest BCUT2D eigenvalue weighted by atomic mass is 10.2. The van der Waals surface area contributed by atoms with Crippen LogP contribution in [-0.2, 0) is 6.54 Å². The van der Waals surface area contributed by atoms with E-state index in [1.54, 1.807) is 18.0 Å². The van der Waals surface area contributed by atoms with Crippen molar-refractivity contribution in [3.8, 4) is 0 Å². The lowest BCUT2D eigenvalue weighted by Gasteiger charge is -2.07. The van der Waals surface area contributed by atoms with Gasteiger partial charge in [0.05, 0.1) is 16.9 Å². The summed E-state index contributed by atoms with van der Waals surface area (Å²) in [5.41, 5.74) is 1.19. The summed E-state index contributed by atoms with van der Waals surface area (Å²) in [7, 11) is 0. The number of thioether (sulfide) groups is 1. The van der Waals surface area contributed by atoms with E-state index in [0.29, 0.717) is 12.2 Å². The molecule has 2 heterocycles. The highest BCUT2D eigenvalue weighted by Crippen LogP contribution is 2.18. The quantitative estimate of drug-likeness (QED) is 0.830. The van der Waals surface area contributed by atoms with E-state index >= 15 is 0 Å². The van der Waals surface area contributed by atoms with Crippen LogP contribution in [0.2, 0.25) is 5.02 Å². The second kappa shape index (κ2) is 6.58. The van der Waals surface area contributed by atoms with E-state index in [4.69, 9.17) is 11.6 Å². The molecule has 0 aliphatic heterocycles. The number of pyridine rings is 1. The van der Waals surface area contributed by atoms with Crippen LogP contribution in [0.4, 0.5) is 5.69 Å². The van der Waals surface area contributed by atoms with Gasteiger partial charge in [0.25, 0.3) is 5.56 Å². The Kier molecular flexibility index (Phi) is 4.81. The van der Waals surface area contributed by atoms with Gasteiger partial charge in [0.1, 0.15) is 5.02 Å². The predicted molar refractivity (Wildman–Crippen MR) is 77.8 cm³/mol. The molecule has 5 nitrogen and oxygen atoms in total. The zero-order valence-corrected chi connectivity index (χ0v) is 11.9. The monoisotopic (exact) mass is 296 g/mol. The van der Waals surface area contributed by atoms with E-state index in [1.165, 1.54) is 6.20 Å². The third kappa shape index (κ3) is 3.71. The second-order valence-corrected chi connectivity index (χ2v) is 5.38. The smallest absolute Gasteiger partial charge is 0.285 e. The molecule has 2 rings (SSSR count). The molecule has 0 unspecified atom stereocenters. The maximum absolute atomic E-state index is 11.3. The number of nitrogens with zero attached hydrogens (tertiary/aromatic N) is 2. The number of H-pyrrole nitrogens is 1. The summed E-state index contributed by atoms with van der Waals surface area (Å²) < 4.78 is 0. The number of anilines is 1. The summed E-state index contributed by atoms with van der Waals surface area (Å²) in [6.45, 7) is 2.64. The van der Waals surface area contributed by atoms with Crippen LogP contribution in [0, 0.1) is 0 Å². The topological polar surface area (TPSA) is 70.7 Å². The van der Waals surface area contributed by atoms with Crippen LogP contribution in [-0.4, -0.2) is 20.9 Å². The van der Waals surface area contributed by atoms with Gasteiger partial charge in [-0.05, 0) is 23.4 Å². The molecule has 0 aliphatic carbocycles. The average Bonchev–Trinajstić information content (AvgIpc) is 2.41. The molecular weight excluding hydrogens is 284 g/mol. The highest BCUT2D eigenvalue weighted by Gasteiger charge is 2.04. The Morgan fingerprint density at radius 1 is 1.53 bits per heavy atom. The van der Waals surface area contributed by atoms with Crippen LogP contribution in [0.1, 0.15) is 12.5 Å². The molecule has 0 atom stereocenters. The van der Waals surface area contributed by atoms with Crippen LogP contribution >= 0.6 is 23.4 Å². The van der Waals surface area contributed by atoms with Crippen molar-refractivity contribution in [2.24, 2.45) is 0 Å². The van der Waals surface area contributed by atoms with Crippen LogP contribution in [0.3, 0.4) is 0 Å². The van der Waals surface area contributed by atoms with Crippen molar-refractivity contribution in [3.05, 3.63) is 45.5 Å². The van der Waals surface area contributed by atoms with Crippen molar-refractivity contribution < 1.29 is 0 Å². The van der Waals surface area contributed by atoms with Crippen LogP contribution < -0.4 is 10.9 Å². The van der Waals surface area contributed by atoms with Gasteiger partial charge in [-0.15, -0.1) is 11.8 Å². The van der Waals surface area contributed by atoms with Crippen molar-refractivity contribution >= 4 is 29.1 Å². The summed E-state index contributed by atoms with van der Waals surface area (Å²) in [4.78, 5) is 15.5. The molecule has 0 bridgehead atoms. The molecule has 0 saturated heterocycles. The standard InChI is InChI=1S/C12H13ClN4OS/c1-2-19-10-5-8(3-4-14-10)6-15-9-7-16-17-12(18)11(9)13/h3-5,7H,2,6H2,1H3,(H2,15,17,18). The third-order valence-electron chi connectivity index (χ3n) is 2.37. The summed E-state index contributed by atoms with van der Waals surface area (Å²) >= 11 is 7.56. The molecular formula is C12H13ClN4OS. The van der Waals surface area contributed by atoms with Crippen LogP contribution in [0.25, 0.3) is 0 Å². The fourth-order valence-corrected chi connectivity index (χ4v) is 2.32. The number of hydrogen-bond donors (Lipinski definition) is 2. The summed E-state index contributed by atoms with van der Waals surface area (Å²) in [5, 5.41) is 10.2. The minimum atomic E-state index is -0.399. The van der Waals surface area contributed by atoms with Gasteiger partial charge in [0.15, 0.2) is 0 Å². The van der Waals surface area contributed by atoms with Gasteiger partial charge in [0.2, 0.25) is 0 Å². The maximum Gasteiger partial charge on any atom is 0.285 e. The van der Waals surface area contributed by atoms with E-state index in [9.17, 15) is 4.79 Å². The first-order chi connectivity index (χ1) is 9.20. The molecule has 0 aliphatic rings.